The van der Waals surface area contributed by atoms with E-state index in [9.17, 15) is 9.59 Å². The fourth-order valence-corrected chi connectivity index (χ4v) is 1.64. The number of nitrogens with one attached hydrogen (secondary N) is 1. The zero-order valence-corrected chi connectivity index (χ0v) is 13.6. The van der Waals surface area contributed by atoms with Crippen molar-refractivity contribution in [2.24, 2.45) is 5.10 Å². The van der Waals surface area contributed by atoms with Gasteiger partial charge in [-0.2, -0.15) is 5.10 Å². The van der Waals surface area contributed by atoms with Crippen molar-refractivity contribution in [2.75, 3.05) is 13.1 Å². The smallest absolute Gasteiger partial charge is 0.428 e. The van der Waals surface area contributed by atoms with Gasteiger partial charge >= 0.3 is 12.2 Å². The number of ether oxygens (including phenoxy) is 2. The Morgan fingerprint density at radius 1 is 1.10 bits per heavy atom. The lowest BCUT2D eigenvalue weighted by atomic mass is 10.2. The number of carbonyl (C=O) groups is 2. The molecule has 1 N–H and O–H groups in total. The topological polar surface area (TPSA) is 80.2 Å². The minimum atomic E-state index is -0.606. The van der Waals surface area contributed by atoms with E-state index in [1.165, 1.54) is 0 Å². The summed E-state index contributed by atoms with van der Waals surface area (Å²) >= 11 is 0. The summed E-state index contributed by atoms with van der Waals surface area (Å²) in [7, 11) is 0. The van der Waals surface area contributed by atoms with Crippen LogP contribution in [0.2, 0.25) is 0 Å². The van der Waals surface area contributed by atoms with Crippen molar-refractivity contribution in [2.45, 2.75) is 59.2 Å². The molecular weight excluding hydrogens is 274 g/mol. The van der Waals surface area contributed by atoms with Crippen LogP contribution in [-0.2, 0) is 9.47 Å². The van der Waals surface area contributed by atoms with E-state index < -0.39 is 17.3 Å². The Labute approximate surface area is 125 Å². The van der Waals surface area contributed by atoms with Crippen LogP contribution in [-0.4, -0.2) is 47.1 Å². The average Bonchev–Trinajstić information content (AvgIpc) is 2.70. The molecule has 1 heterocycles. The fourth-order valence-electron chi connectivity index (χ4n) is 1.64. The van der Waals surface area contributed by atoms with Gasteiger partial charge in [0.25, 0.3) is 0 Å². The van der Waals surface area contributed by atoms with Gasteiger partial charge in [0.2, 0.25) is 0 Å². The molecule has 1 aliphatic rings. The van der Waals surface area contributed by atoms with E-state index in [4.69, 9.17) is 9.47 Å². The Morgan fingerprint density at radius 2 is 1.67 bits per heavy atom. The number of amides is 2. The highest BCUT2D eigenvalue weighted by molar-refractivity contribution is 5.92. The Bertz CT molecular complexity index is 432. The molecule has 21 heavy (non-hydrogen) atoms. The number of likely N-dealkylation sites (tertiary alicyclic amines) is 1. The minimum Gasteiger partial charge on any atom is -0.444 e. The number of nitrogens with zero attached hydrogens (tertiary/aromatic N) is 2. The van der Waals surface area contributed by atoms with Crippen molar-refractivity contribution in [3.63, 3.8) is 0 Å². The predicted molar refractivity (Wildman–Crippen MR) is 79.2 cm³/mol. The SMILES string of the molecule is CC(C)(C)OC(=O)N/N=C1\CCN(C(=O)OC(C)(C)C)C1. The number of hydrogen-bond donors (Lipinski definition) is 1. The summed E-state index contributed by atoms with van der Waals surface area (Å²) in [6, 6.07) is 0. The molecule has 0 spiro atoms. The molecule has 1 saturated heterocycles. The van der Waals surface area contributed by atoms with Crippen LogP contribution in [0.5, 0.6) is 0 Å². The van der Waals surface area contributed by atoms with Crippen molar-refractivity contribution >= 4 is 17.9 Å². The van der Waals surface area contributed by atoms with Crippen LogP contribution in [0.4, 0.5) is 9.59 Å². The van der Waals surface area contributed by atoms with Crippen molar-refractivity contribution in [1.82, 2.24) is 10.3 Å². The molecular formula is C14H25N3O4. The van der Waals surface area contributed by atoms with Gasteiger partial charge in [-0.15, -0.1) is 0 Å². The third-order valence-electron chi connectivity index (χ3n) is 2.40. The van der Waals surface area contributed by atoms with Crippen molar-refractivity contribution in [3.8, 4) is 0 Å². The summed E-state index contributed by atoms with van der Waals surface area (Å²) < 4.78 is 10.4. The number of rotatable bonds is 1. The summed E-state index contributed by atoms with van der Waals surface area (Å²) in [5.41, 5.74) is 1.96. The molecule has 0 aromatic rings. The van der Waals surface area contributed by atoms with Gasteiger partial charge in [-0.1, -0.05) is 0 Å². The van der Waals surface area contributed by atoms with E-state index in [0.29, 0.717) is 25.2 Å². The highest BCUT2D eigenvalue weighted by Gasteiger charge is 2.27. The number of hydrazone groups is 1. The number of carbonyl (C=O) groups excluding carboxylic acids is 2. The van der Waals surface area contributed by atoms with E-state index in [-0.39, 0.29) is 6.09 Å². The summed E-state index contributed by atoms with van der Waals surface area (Å²) in [6.07, 6.45) is -0.370. The molecule has 0 unspecified atom stereocenters. The van der Waals surface area contributed by atoms with Gasteiger partial charge in [0.1, 0.15) is 11.2 Å². The molecule has 7 heteroatoms. The van der Waals surface area contributed by atoms with E-state index in [2.05, 4.69) is 10.5 Å². The highest BCUT2D eigenvalue weighted by Crippen LogP contribution is 2.14. The van der Waals surface area contributed by atoms with Gasteiger partial charge in [-0.25, -0.2) is 15.0 Å². The van der Waals surface area contributed by atoms with Crippen LogP contribution in [0.25, 0.3) is 0 Å². The lowest BCUT2D eigenvalue weighted by Gasteiger charge is -2.23. The lowest BCUT2D eigenvalue weighted by Crippen LogP contribution is -2.35. The Hall–Kier alpha value is -1.79. The molecule has 0 aliphatic carbocycles. The van der Waals surface area contributed by atoms with Crippen LogP contribution in [0.15, 0.2) is 5.10 Å². The molecule has 1 rings (SSSR count). The molecule has 2 amide bonds. The highest BCUT2D eigenvalue weighted by atomic mass is 16.6. The molecule has 0 aromatic heterocycles. The maximum atomic E-state index is 11.9. The summed E-state index contributed by atoms with van der Waals surface area (Å²) in [6.45, 7) is 11.7. The average molecular weight is 299 g/mol. The van der Waals surface area contributed by atoms with Gasteiger partial charge in [0.15, 0.2) is 0 Å². The van der Waals surface area contributed by atoms with Crippen LogP contribution in [0.3, 0.4) is 0 Å². The summed E-state index contributed by atoms with van der Waals surface area (Å²) in [5.74, 6) is 0. The van der Waals surface area contributed by atoms with E-state index in [1.54, 1.807) is 25.7 Å². The van der Waals surface area contributed by atoms with Gasteiger partial charge in [-0.05, 0) is 41.5 Å². The minimum absolute atomic E-state index is 0.352. The van der Waals surface area contributed by atoms with Gasteiger partial charge in [0.05, 0.1) is 12.3 Å². The van der Waals surface area contributed by atoms with Crippen LogP contribution >= 0.6 is 0 Å². The third-order valence-corrected chi connectivity index (χ3v) is 2.40. The van der Waals surface area contributed by atoms with Crippen molar-refractivity contribution in [3.05, 3.63) is 0 Å². The second kappa shape index (κ2) is 6.32. The molecule has 1 fully saturated rings. The predicted octanol–water partition coefficient (Wildman–Crippen LogP) is 2.51. The van der Waals surface area contributed by atoms with Gasteiger partial charge < -0.3 is 14.4 Å². The molecule has 120 valence electrons. The third kappa shape index (κ3) is 6.97. The number of hydrogen-bond acceptors (Lipinski definition) is 5. The van der Waals surface area contributed by atoms with E-state index >= 15 is 0 Å². The molecule has 0 aromatic carbocycles. The zero-order valence-electron chi connectivity index (χ0n) is 13.6. The fraction of sp³-hybridized carbons (Fsp3) is 0.786. The van der Waals surface area contributed by atoms with Crippen LogP contribution in [0, 0.1) is 0 Å². The molecule has 0 radical (unpaired) electrons. The largest absolute Gasteiger partial charge is 0.444 e. The Balaban J connectivity index is 2.45. The van der Waals surface area contributed by atoms with Crippen LogP contribution < -0.4 is 5.43 Å². The Kier molecular flexibility index (Phi) is 5.20. The standard InChI is InChI=1S/C14H25N3O4/c1-13(2,3)20-11(18)16-15-10-7-8-17(9-10)12(19)21-14(4,5)6/h7-9H2,1-6H3,(H,16,18)/b15-10+. The molecule has 0 bridgehead atoms. The van der Waals surface area contributed by atoms with Crippen molar-refractivity contribution < 1.29 is 19.1 Å². The second-order valence-corrected chi connectivity index (χ2v) is 6.94. The second-order valence-electron chi connectivity index (χ2n) is 6.94. The summed E-state index contributed by atoms with van der Waals surface area (Å²) in [4.78, 5) is 24.9. The molecule has 0 atom stereocenters. The lowest BCUT2D eigenvalue weighted by molar-refractivity contribution is 0.0302. The normalized spacial score (nSPS) is 17.8. The van der Waals surface area contributed by atoms with E-state index in [0.717, 1.165) is 0 Å². The first kappa shape index (κ1) is 17.3. The van der Waals surface area contributed by atoms with Crippen molar-refractivity contribution in [1.29, 1.82) is 0 Å². The summed E-state index contributed by atoms with van der Waals surface area (Å²) in [5, 5.41) is 3.98. The quantitative estimate of drug-likeness (QED) is 0.754. The van der Waals surface area contributed by atoms with Crippen LogP contribution in [0.1, 0.15) is 48.0 Å². The zero-order chi connectivity index (χ0) is 16.3. The molecule has 1 aliphatic heterocycles. The molecule has 7 nitrogen and oxygen atoms in total. The Morgan fingerprint density at radius 3 is 2.19 bits per heavy atom. The first-order chi connectivity index (χ1) is 9.46. The van der Waals surface area contributed by atoms with E-state index in [1.807, 2.05) is 20.8 Å². The molecule has 0 saturated carbocycles. The van der Waals surface area contributed by atoms with Gasteiger partial charge in [-0.3, -0.25) is 0 Å². The first-order valence-corrected chi connectivity index (χ1v) is 6.99. The monoisotopic (exact) mass is 299 g/mol. The maximum Gasteiger partial charge on any atom is 0.428 e. The van der Waals surface area contributed by atoms with Gasteiger partial charge in [0, 0.05) is 13.0 Å². The first-order valence-electron chi connectivity index (χ1n) is 6.99. The maximum absolute atomic E-state index is 11.9.